The molecule has 0 aliphatic carbocycles. The number of nitrogens with one attached hydrogen (secondary N) is 1. The van der Waals surface area contributed by atoms with E-state index in [4.69, 9.17) is 9.47 Å². The number of hydrogen-bond donors (Lipinski definition) is 3. The topological polar surface area (TPSA) is 112 Å². The van der Waals surface area contributed by atoms with E-state index in [-0.39, 0.29) is 44.4 Å². The fraction of sp³-hybridized carbons (Fsp3) is 0.381. The highest BCUT2D eigenvalue weighted by atomic mass is 19.4. The van der Waals surface area contributed by atoms with Crippen LogP contribution in [-0.2, 0) is 32.2 Å². The van der Waals surface area contributed by atoms with E-state index >= 15 is 0 Å². The highest BCUT2D eigenvalue weighted by Gasteiger charge is 2.47. The van der Waals surface area contributed by atoms with Gasteiger partial charge in [-0.3, -0.25) is 14.5 Å². The summed E-state index contributed by atoms with van der Waals surface area (Å²) in [6.45, 7) is 2.43. The van der Waals surface area contributed by atoms with E-state index in [0.29, 0.717) is 24.3 Å². The molecular formula is C42H46F3N3O6. The number of hydrogen-bond acceptors (Lipinski definition) is 7. The zero-order valence-electron chi connectivity index (χ0n) is 30.3. The van der Waals surface area contributed by atoms with E-state index in [1.165, 1.54) is 0 Å². The summed E-state index contributed by atoms with van der Waals surface area (Å²) in [5, 5.41) is 23.4. The third-order valence-corrected chi connectivity index (χ3v) is 10.3. The molecule has 2 amide bonds. The number of carbonyl (C=O) groups excluding carboxylic acids is 2. The Labute approximate surface area is 313 Å². The number of halogens is 3. The second-order valence-corrected chi connectivity index (χ2v) is 14.1. The molecule has 2 aliphatic rings. The fourth-order valence-electron chi connectivity index (χ4n) is 7.17. The minimum Gasteiger partial charge on any atom is -0.392 e. The molecule has 0 unspecified atom stereocenters. The van der Waals surface area contributed by atoms with Crippen molar-refractivity contribution in [3.05, 3.63) is 131 Å². The summed E-state index contributed by atoms with van der Waals surface area (Å²) in [5.74, 6) is -2.61. The van der Waals surface area contributed by atoms with Gasteiger partial charge in [-0.2, -0.15) is 13.2 Å². The van der Waals surface area contributed by atoms with Crippen molar-refractivity contribution in [2.75, 3.05) is 20.1 Å². The van der Waals surface area contributed by atoms with Gasteiger partial charge in [0.25, 0.3) is 0 Å². The third kappa shape index (κ3) is 9.37. The fourth-order valence-corrected chi connectivity index (χ4v) is 7.17. The van der Waals surface area contributed by atoms with Crippen molar-refractivity contribution < 1.29 is 42.4 Å². The van der Waals surface area contributed by atoms with Crippen LogP contribution in [0.3, 0.4) is 0 Å². The maximum atomic E-state index is 13.1. The van der Waals surface area contributed by atoms with Gasteiger partial charge < -0.3 is 29.9 Å². The lowest BCUT2D eigenvalue weighted by atomic mass is 9.97. The van der Waals surface area contributed by atoms with Crippen LogP contribution < -0.4 is 5.32 Å². The second-order valence-electron chi connectivity index (χ2n) is 14.1. The first-order valence-electron chi connectivity index (χ1n) is 18.2. The van der Waals surface area contributed by atoms with Crippen LogP contribution in [0.5, 0.6) is 0 Å². The number of amides is 2. The Kier molecular flexibility index (Phi) is 12.5. The molecule has 12 heteroatoms. The van der Waals surface area contributed by atoms with Crippen molar-refractivity contribution in [1.82, 2.24) is 15.1 Å². The Morgan fingerprint density at radius 2 is 1.61 bits per heavy atom. The van der Waals surface area contributed by atoms with Crippen LogP contribution in [0.15, 0.2) is 103 Å². The van der Waals surface area contributed by atoms with E-state index in [0.717, 1.165) is 38.9 Å². The largest absolute Gasteiger partial charge is 0.471 e. The summed E-state index contributed by atoms with van der Waals surface area (Å²) in [6, 6.07) is 31.2. The lowest BCUT2D eigenvalue weighted by molar-refractivity contribution is -0.253. The molecule has 2 heterocycles. The van der Waals surface area contributed by atoms with E-state index in [2.05, 4.69) is 10.2 Å². The van der Waals surface area contributed by atoms with Crippen molar-refractivity contribution in [2.45, 2.75) is 82.2 Å². The Morgan fingerprint density at radius 3 is 2.31 bits per heavy atom. The highest BCUT2D eigenvalue weighted by molar-refractivity contribution is 5.90. The lowest BCUT2D eigenvalue weighted by Gasteiger charge is -2.39. The molecule has 286 valence electrons. The van der Waals surface area contributed by atoms with Gasteiger partial charge in [0.15, 0.2) is 6.29 Å². The van der Waals surface area contributed by atoms with Crippen LogP contribution in [-0.4, -0.2) is 76.3 Å². The quantitative estimate of drug-likeness (QED) is 0.150. The predicted molar refractivity (Wildman–Crippen MR) is 196 cm³/mol. The number of likely N-dealkylation sites (tertiary alicyclic amines) is 1. The molecule has 0 aromatic heterocycles. The van der Waals surface area contributed by atoms with Crippen LogP contribution >= 0.6 is 0 Å². The van der Waals surface area contributed by atoms with Gasteiger partial charge in [0.05, 0.1) is 24.9 Å². The zero-order chi connectivity index (χ0) is 38.4. The molecule has 0 radical (unpaired) electrons. The smallest absolute Gasteiger partial charge is 0.392 e. The molecule has 0 saturated carbocycles. The molecule has 54 heavy (non-hydrogen) atoms. The SMILES string of the molecule is C[C@H]([C@@H](O)c1ccccc1)N(C)C[C@H]1C[C@@H](c2ccc(CO)cc2)O[C@@H](c2cccc(-c3cccc(CNC(=O)[C@@H]4CCCN4C(=O)C(F)(F)F)c3)c2)O1. The van der Waals surface area contributed by atoms with Gasteiger partial charge in [-0.25, -0.2) is 0 Å². The number of rotatable bonds is 12. The number of alkyl halides is 3. The van der Waals surface area contributed by atoms with E-state index in [9.17, 15) is 33.0 Å². The summed E-state index contributed by atoms with van der Waals surface area (Å²) >= 11 is 0. The maximum absolute atomic E-state index is 13.1. The maximum Gasteiger partial charge on any atom is 0.471 e. The Balaban J connectivity index is 1.17. The average Bonchev–Trinajstić information content (AvgIpc) is 3.69. The Hall–Kier alpha value is -4.59. The molecule has 2 fully saturated rings. The number of likely N-dealkylation sites (N-methyl/N-ethyl adjacent to an activating group) is 1. The molecule has 2 aliphatic heterocycles. The second kappa shape index (κ2) is 17.3. The van der Waals surface area contributed by atoms with Crippen LogP contribution in [0.1, 0.15) is 72.5 Å². The van der Waals surface area contributed by atoms with Crippen LogP contribution in [0, 0.1) is 0 Å². The van der Waals surface area contributed by atoms with Gasteiger partial charge in [-0.1, -0.05) is 91.0 Å². The van der Waals surface area contributed by atoms with E-state index < -0.39 is 36.4 Å². The van der Waals surface area contributed by atoms with Crippen LogP contribution in [0.25, 0.3) is 11.1 Å². The normalized spacial score (nSPS) is 21.5. The minimum atomic E-state index is -5.03. The van der Waals surface area contributed by atoms with Gasteiger partial charge >= 0.3 is 12.1 Å². The van der Waals surface area contributed by atoms with Crippen LogP contribution in [0.4, 0.5) is 13.2 Å². The van der Waals surface area contributed by atoms with E-state index in [1.807, 2.05) is 117 Å². The van der Waals surface area contributed by atoms with Gasteiger partial charge in [0.2, 0.25) is 5.91 Å². The predicted octanol–water partition coefficient (Wildman–Crippen LogP) is 6.61. The summed E-state index contributed by atoms with van der Waals surface area (Å²) in [6.07, 6.45) is -5.92. The Morgan fingerprint density at radius 1 is 0.907 bits per heavy atom. The van der Waals surface area contributed by atoms with E-state index in [1.54, 1.807) is 0 Å². The lowest BCUT2D eigenvalue weighted by Crippen LogP contribution is -2.50. The van der Waals surface area contributed by atoms with Crippen LogP contribution in [0.2, 0.25) is 0 Å². The van der Waals surface area contributed by atoms with Gasteiger partial charge in [-0.05, 0) is 72.3 Å². The summed E-state index contributed by atoms with van der Waals surface area (Å²) in [7, 11) is 1.97. The number of ether oxygens (including phenoxy) is 2. The molecule has 9 nitrogen and oxygen atoms in total. The molecule has 3 N–H and O–H groups in total. The molecule has 2 saturated heterocycles. The standard InChI is InChI=1S/C42H46F3N3O6/c1-27(38(50)31-10-4-3-5-11-31)47(2)25-35-23-37(30-18-16-28(26-49)17-19-30)54-40(53-35)34-14-7-13-33(22-34)32-12-6-9-29(21-32)24-46-39(51)36-15-8-20-48(36)41(52)42(43,44)45/h3-7,9-14,16-19,21-22,27,35-38,40,49-50H,8,15,20,23-26H2,1-2H3,(H,46,51)/t27-,35-,36+,37+,38-,40+/m1/s1. The molecule has 6 atom stereocenters. The number of aliphatic hydroxyl groups is 2. The zero-order valence-corrected chi connectivity index (χ0v) is 30.3. The number of nitrogens with zero attached hydrogens (tertiary/aromatic N) is 2. The minimum absolute atomic E-state index is 0.0605. The number of aliphatic hydroxyl groups excluding tert-OH is 2. The first-order valence-corrected chi connectivity index (χ1v) is 18.2. The molecule has 6 rings (SSSR count). The third-order valence-electron chi connectivity index (χ3n) is 10.3. The molecule has 0 bridgehead atoms. The molecule has 4 aromatic rings. The van der Waals surface area contributed by atoms with Crippen molar-refractivity contribution in [1.29, 1.82) is 0 Å². The summed E-state index contributed by atoms with van der Waals surface area (Å²) < 4.78 is 52.5. The summed E-state index contributed by atoms with van der Waals surface area (Å²) in [5.41, 5.74) is 5.85. The molecular weight excluding hydrogens is 699 g/mol. The molecule has 4 aromatic carbocycles. The van der Waals surface area contributed by atoms with Crippen molar-refractivity contribution in [3.63, 3.8) is 0 Å². The van der Waals surface area contributed by atoms with Crippen molar-refractivity contribution >= 4 is 11.8 Å². The summed E-state index contributed by atoms with van der Waals surface area (Å²) in [4.78, 5) is 27.5. The van der Waals surface area contributed by atoms with Gasteiger partial charge in [-0.15, -0.1) is 0 Å². The number of carbonyl (C=O) groups is 2. The monoisotopic (exact) mass is 745 g/mol. The van der Waals surface area contributed by atoms with Gasteiger partial charge in [0.1, 0.15) is 6.04 Å². The van der Waals surface area contributed by atoms with Crippen molar-refractivity contribution in [3.8, 4) is 11.1 Å². The highest BCUT2D eigenvalue weighted by Crippen LogP contribution is 2.39. The molecule has 0 spiro atoms. The average molecular weight is 746 g/mol. The number of benzene rings is 4. The Bertz CT molecular complexity index is 1880. The first-order chi connectivity index (χ1) is 25.9. The first kappa shape index (κ1) is 39.1. The van der Waals surface area contributed by atoms with Crippen molar-refractivity contribution in [2.24, 2.45) is 0 Å². The van der Waals surface area contributed by atoms with Gasteiger partial charge in [0, 0.05) is 37.7 Å².